The van der Waals surface area contributed by atoms with Crippen molar-refractivity contribution in [3.63, 3.8) is 0 Å². The first-order chi connectivity index (χ1) is 14.4. The third kappa shape index (κ3) is 5.92. The number of hydrogen-bond donors (Lipinski definition) is 3. The van der Waals surface area contributed by atoms with Gasteiger partial charge in [-0.25, -0.2) is 9.40 Å². The highest BCUT2D eigenvalue weighted by Gasteiger charge is 2.32. The zero-order valence-corrected chi connectivity index (χ0v) is 18.3. The number of allylic oxidation sites excluding steroid dienone is 2. The zero-order chi connectivity index (χ0) is 22.1. The van der Waals surface area contributed by atoms with Crippen molar-refractivity contribution in [3.8, 4) is 0 Å². The Hall–Kier alpha value is -2.68. The van der Waals surface area contributed by atoms with E-state index >= 15 is 0 Å². The molecule has 1 amide bonds. The summed E-state index contributed by atoms with van der Waals surface area (Å²) >= 11 is 0. The number of rotatable bonds is 11. The van der Waals surface area contributed by atoms with E-state index in [1.807, 2.05) is 46.0 Å². The van der Waals surface area contributed by atoms with Gasteiger partial charge in [-0.1, -0.05) is 6.08 Å². The normalized spacial score (nSPS) is 18.7. The van der Waals surface area contributed by atoms with Crippen LogP contribution in [0.3, 0.4) is 0 Å². The highest BCUT2D eigenvalue weighted by atomic mass is 19.1. The molecule has 9 heteroatoms. The van der Waals surface area contributed by atoms with Gasteiger partial charge in [0.05, 0.1) is 12.2 Å². The van der Waals surface area contributed by atoms with Crippen LogP contribution in [0.4, 0.5) is 4.39 Å². The Labute approximate surface area is 179 Å². The van der Waals surface area contributed by atoms with E-state index in [-0.39, 0.29) is 17.8 Å². The number of carbonyl (C=O) groups excluding carboxylic acids is 1. The number of nitrogens with zero attached hydrogens (tertiary/aromatic N) is 3. The van der Waals surface area contributed by atoms with E-state index in [1.54, 1.807) is 6.07 Å². The molecule has 1 saturated heterocycles. The van der Waals surface area contributed by atoms with Gasteiger partial charge in [0.15, 0.2) is 0 Å². The van der Waals surface area contributed by atoms with E-state index in [1.165, 1.54) is 12.4 Å². The van der Waals surface area contributed by atoms with E-state index in [0.29, 0.717) is 12.8 Å². The molecule has 3 N–H and O–H groups in total. The molecule has 0 saturated carbocycles. The molecule has 30 heavy (non-hydrogen) atoms. The number of carbonyl (C=O) groups is 1. The van der Waals surface area contributed by atoms with Crippen LogP contribution >= 0.6 is 0 Å². The SMILES string of the molecule is BC(CCc1ncc(F)cc1[C@@H]1CCCN1N(C)/C(N/C=C\C)=C(\C)C=N)NC=O. The highest BCUT2D eigenvalue weighted by Crippen LogP contribution is 2.36. The van der Waals surface area contributed by atoms with E-state index in [0.717, 1.165) is 48.5 Å². The number of amides is 1. The summed E-state index contributed by atoms with van der Waals surface area (Å²) in [7, 11) is 3.90. The molecular weight excluding hydrogens is 382 g/mol. The molecule has 1 aromatic heterocycles. The second-order valence-corrected chi connectivity index (χ2v) is 7.58. The van der Waals surface area contributed by atoms with Crippen molar-refractivity contribution < 1.29 is 9.18 Å². The van der Waals surface area contributed by atoms with Crippen molar-refractivity contribution >= 4 is 20.5 Å². The van der Waals surface area contributed by atoms with Crippen molar-refractivity contribution in [1.82, 2.24) is 25.6 Å². The Kier molecular flexibility index (Phi) is 9.04. The molecule has 0 spiro atoms. The van der Waals surface area contributed by atoms with Crippen molar-refractivity contribution in [2.24, 2.45) is 0 Å². The third-order valence-electron chi connectivity index (χ3n) is 5.41. The lowest BCUT2D eigenvalue weighted by Gasteiger charge is -2.37. The van der Waals surface area contributed by atoms with Crippen LogP contribution in [0, 0.1) is 11.2 Å². The average molecular weight is 414 g/mol. The Morgan fingerprint density at radius 3 is 3.00 bits per heavy atom. The molecule has 7 nitrogen and oxygen atoms in total. The minimum atomic E-state index is -0.346. The van der Waals surface area contributed by atoms with E-state index < -0.39 is 0 Å². The fourth-order valence-electron chi connectivity index (χ4n) is 3.78. The van der Waals surface area contributed by atoms with Crippen LogP contribution in [-0.4, -0.2) is 55.0 Å². The number of halogens is 1. The van der Waals surface area contributed by atoms with Crippen LogP contribution in [0.25, 0.3) is 0 Å². The molecular formula is C21H32BFN6O. The van der Waals surface area contributed by atoms with E-state index in [4.69, 9.17) is 5.41 Å². The van der Waals surface area contributed by atoms with Gasteiger partial charge >= 0.3 is 0 Å². The average Bonchev–Trinajstić information content (AvgIpc) is 3.22. The minimum Gasteiger partial charge on any atom is -0.364 e. The fraction of sp³-hybridized carbons (Fsp3) is 0.476. The summed E-state index contributed by atoms with van der Waals surface area (Å²) in [5, 5.41) is 17.9. The minimum absolute atomic E-state index is 0.0107. The molecule has 0 aromatic carbocycles. The lowest BCUT2D eigenvalue weighted by molar-refractivity contribution is -0.109. The maximum Gasteiger partial charge on any atom is 0.206 e. The maximum absolute atomic E-state index is 14.1. The molecule has 162 valence electrons. The summed E-state index contributed by atoms with van der Waals surface area (Å²) in [5.41, 5.74) is 2.54. The van der Waals surface area contributed by atoms with Crippen LogP contribution in [0.2, 0.25) is 0 Å². The number of aromatic nitrogens is 1. The Morgan fingerprint density at radius 1 is 1.57 bits per heavy atom. The highest BCUT2D eigenvalue weighted by molar-refractivity contribution is 6.12. The first-order valence-electron chi connectivity index (χ1n) is 10.4. The zero-order valence-electron chi connectivity index (χ0n) is 18.3. The number of aryl methyl sites for hydroxylation is 1. The predicted octanol–water partition coefficient (Wildman–Crippen LogP) is 1.85. The molecule has 2 heterocycles. The smallest absolute Gasteiger partial charge is 0.206 e. The largest absolute Gasteiger partial charge is 0.364 e. The Morgan fingerprint density at radius 2 is 2.33 bits per heavy atom. The summed E-state index contributed by atoms with van der Waals surface area (Å²) in [6, 6.07) is 1.58. The molecule has 0 bridgehead atoms. The number of nitrogens with one attached hydrogen (secondary N) is 3. The summed E-state index contributed by atoms with van der Waals surface area (Å²) in [4.78, 5) is 15.0. The number of pyridine rings is 1. The maximum atomic E-state index is 14.1. The molecule has 1 aliphatic heterocycles. The van der Waals surface area contributed by atoms with Gasteiger partial charge in [-0.05, 0) is 63.3 Å². The fourth-order valence-corrected chi connectivity index (χ4v) is 3.78. The molecule has 1 unspecified atom stereocenters. The van der Waals surface area contributed by atoms with Crippen molar-refractivity contribution in [2.75, 3.05) is 13.6 Å². The molecule has 1 fully saturated rings. The topological polar surface area (TPSA) is 84.3 Å². The van der Waals surface area contributed by atoms with Gasteiger partial charge in [0.2, 0.25) is 6.41 Å². The van der Waals surface area contributed by atoms with Crippen molar-refractivity contribution in [3.05, 3.63) is 53.0 Å². The number of hydrogen-bond acceptors (Lipinski definition) is 6. The second-order valence-electron chi connectivity index (χ2n) is 7.58. The predicted molar refractivity (Wildman–Crippen MR) is 120 cm³/mol. The molecule has 1 aromatic rings. The van der Waals surface area contributed by atoms with Gasteiger partial charge < -0.3 is 16.0 Å². The van der Waals surface area contributed by atoms with Gasteiger partial charge in [-0.2, -0.15) is 0 Å². The van der Waals surface area contributed by atoms with Gasteiger partial charge in [-0.3, -0.25) is 14.8 Å². The molecule has 2 rings (SSSR count). The lowest BCUT2D eigenvalue weighted by Crippen LogP contribution is -2.42. The van der Waals surface area contributed by atoms with E-state index in [2.05, 4.69) is 20.6 Å². The first-order valence-corrected chi connectivity index (χ1v) is 10.4. The van der Waals surface area contributed by atoms with E-state index in [9.17, 15) is 9.18 Å². The molecule has 1 aliphatic rings. The van der Waals surface area contributed by atoms with Crippen LogP contribution in [-0.2, 0) is 11.2 Å². The van der Waals surface area contributed by atoms with Gasteiger partial charge in [0.1, 0.15) is 19.5 Å². The quantitative estimate of drug-likeness (QED) is 0.292. The summed E-state index contributed by atoms with van der Waals surface area (Å²) in [5.74, 6) is 0.491. The first kappa shape index (κ1) is 23.6. The standard InChI is InChI=1S/C21H32BFN6O/c1-4-9-25-21(15(2)12-24)28(3)29-10-5-6-19(29)17-11-16(23)13-26-18(17)7-8-20(22)27-14-30/h4,9,11-14,19-20,24-25H,5-8,10,22H2,1-3H3,(H,27,30)/b9-4-,21-15+,24-12?/t19-,20?/m0/s1. The van der Waals surface area contributed by atoms with Crippen LogP contribution in [0.15, 0.2) is 35.9 Å². The third-order valence-corrected chi connectivity index (χ3v) is 5.41. The Bertz CT molecular complexity index is 800. The van der Waals surface area contributed by atoms with Gasteiger partial charge in [0, 0.05) is 31.1 Å². The van der Waals surface area contributed by atoms with Gasteiger partial charge in [-0.15, -0.1) is 0 Å². The Balaban J connectivity index is 2.32. The molecule has 0 aliphatic carbocycles. The summed E-state index contributed by atoms with van der Waals surface area (Å²) in [6.07, 6.45) is 10.3. The van der Waals surface area contributed by atoms with Crippen molar-refractivity contribution in [1.29, 1.82) is 5.41 Å². The second kappa shape index (κ2) is 11.5. The van der Waals surface area contributed by atoms with Crippen LogP contribution in [0.5, 0.6) is 0 Å². The molecule has 2 atom stereocenters. The van der Waals surface area contributed by atoms with Crippen LogP contribution < -0.4 is 10.6 Å². The monoisotopic (exact) mass is 414 g/mol. The lowest BCUT2D eigenvalue weighted by atomic mass is 9.90. The molecule has 0 radical (unpaired) electrons. The summed E-state index contributed by atoms with van der Waals surface area (Å²) in [6.45, 7) is 4.64. The van der Waals surface area contributed by atoms with Crippen LogP contribution in [0.1, 0.15) is 50.4 Å². The number of hydrazine groups is 1. The van der Waals surface area contributed by atoms with Crippen molar-refractivity contribution in [2.45, 2.75) is 51.5 Å². The summed E-state index contributed by atoms with van der Waals surface area (Å²) < 4.78 is 14.1. The van der Waals surface area contributed by atoms with Gasteiger partial charge in [0.25, 0.3) is 0 Å².